The second kappa shape index (κ2) is 28.6. The molecule has 3 aromatic rings. The van der Waals surface area contributed by atoms with Crippen molar-refractivity contribution in [3.8, 4) is 22.8 Å². The van der Waals surface area contributed by atoms with Crippen LogP contribution in [0.3, 0.4) is 0 Å². The molecule has 1 aliphatic carbocycles. The minimum absolute atomic E-state index is 0.000883. The van der Waals surface area contributed by atoms with Gasteiger partial charge in [-0.3, -0.25) is 18.9 Å². The number of esters is 1. The number of carboxylic acid groups (broad SMARTS) is 1. The standard InChI is InChI=1S/C21H23ClFNO5.C19H23ClN2O2S.C5H12NO4P/c1-2-3-6-9-28-19(25)12-29-18-11-17(16(23)10-15(18)22)24-20(26)13-7-4-5-8-14(13)21(24)27;1-2-3-4-5-6-10-13-25-19(23)24-16-14-17(20)21-22-18(16)15-11-8-7-9-12-15;1-11(9,10)3-2-4(6)5(7)8/h10-11H,2-9,12H2,1H3;7-9,11-12,14H,2-6,10,13H2,1H3;4H,2-3,6H2,1H3,(H,7,8)(H,9,10). The summed E-state index contributed by atoms with van der Waals surface area (Å²) in [4.78, 5) is 68.9. The van der Waals surface area contributed by atoms with E-state index in [1.165, 1.54) is 56.2 Å². The second-order valence-corrected chi connectivity index (χ2v) is 19.7. The molecule has 5 rings (SSSR count). The Labute approximate surface area is 393 Å². The summed E-state index contributed by atoms with van der Waals surface area (Å²) in [5.74, 6) is -2.44. The number of carboxylic acids is 1. The number of hydrogen-bond donors (Lipinski definition) is 3. The molecule has 2 unspecified atom stereocenters. The predicted molar refractivity (Wildman–Crippen MR) is 251 cm³/mol. The van der Waals surface area contributed by atoms with Crippen LogP contribution in [-0.4, -0.2) is 87.1 Å². The van der Waals surface area contributed by atoms with Crippen molar-refractivity contribution in [2.45, 2.75) is 110 Å². The molecular weight excluding hydrogens is 925 g/mol. The maximum Gasteiger partial charge on any atom is 0.372 e. The average Bonchev–Trinajstić information content (AvgIpc) is 3.52. The van der Waals surface area contributed by atoms with Gasteiger partial charge in [-0.15, -0.1) is 10.2 Å². The SMILES string of the molecule is CCCCCCCCSC(=O)Oc1cc(Cl)nnc1-c1ccccc1.CCCCCOC(=O)COc1cc(N2C(=O)C3=C(CCCC3)C2=O)c(F)cc1Cl.CP(=O)(O)CCC(N)C(=O)O. The van der Waals surface area contributed by atoms with Crippen LogP contribution < -0.4 is 20.1 Å². The Morgan fingerprint density at radius 2 is 1.52 bits per heavy atom. The first-order valence-electron chi connectivity index (χ1n) is 21.6. The van der Waals surface area contributed by atoms with Gasteiger partial charge in [-0.05, 0) is 62.8 Å². The monoisotopic (exact) mass is 982 g/mol. The number of aliphatic carboxylic acids is 1. The summed E-state index contributed by atoms with van der Waals surface area (Å²) in [6.07, 6.45) is 12.6. The van der Waals surface area contributed by atoms with E-state index in [-0.39, 0.29) is 39.5 Å². The first-order chi connectivity index (χ1) is 31.0. The van der Waals surface area contributed by atoms with E-state index in [1.807, 2.05) is 37.3 Å². The molecule has 65 heavy (non-hydrogen) atoms. The summed E-state index contributed by atoms with van der Waals surface area (Å²) in [5.41, 5.74) is 7.11. The van der Waals surface area contributed by atoms with E-state index < -0.39 is 49.6 Å². The highest BCUT2D eigenvalue weighted by atomic mass is 35.5. The van der Waals surface area contributed by atoms with Gasteiger partial charge in [0.25, 0.3) is 11.8 Å². The number of amides is 2. The van der Waals surface area contributed by atoms with Crippen LogP contribution in [0.25, 0.3) is 11.3 Å². The number of rotatable bonds is 21. The van der Waals surface area contributed by atoms with Crippen molar-refractivity contribution in [3.63, 3.8) is 0 Å². The molecule has 2 aliphatic rings. The smallest absolute Gasteiger partial charge is 0.372 e. The van der Waals surface area contributed by atoms with E-state index >= 15 is 0 Å². The van der Waals surface area contributed by atoms with Gasteiger partial charge in [-0.2, -0.15) is 0 Å². The van der Waals surface area contributed by atoms with Gasteiger partial charge in [-0.25, -0.2) is 18.9 Å². The molecule has 0 bridgehead atoms. The van der Waals surface area contributed by atoms with Gasteiger partial charge >= 0.3 is 17.2 Å². The number of ether oxygens (including phenoxy) is 3. The number of carbonyl (C=O) groups excluding carboxylic acids is 4. The average molecular weight is 984 g/mol. The maximum absolute atomic E-state index is 14.5. The molecule has 2 atom stereocenters. The number of thioether (sulfide) groups is 1. The molecule has 4 N–H and O–H groups in total. The van der Waals surface area contributed by atoms with E-state index in [0.29, 0.717) is 42.0 Å². The molecule has 20 heteroatoms. The lowest BCUT2D eigenvalue weighted by Crippen LogP contribution is -2.32. The molecule has 15 nitrogen and oxygen atoms in total. The third-order valence-corrected chi connectivity index (χ3v) is 12.2. The van der Waals surface area contributed by atoms with Crippen LogP contribution in [-0.2, 0) is 28.5 Å². The Hall–Kier alpha value is -4.38. The topological polar surface area (TPSA) is 226 Å². The Balaban J connectivity index is 0.000000284. The molecule has 2 aromatic carbocycles. The number of nitrogens with zero attached hydrogens (tertiary/aromatic N) is 3. The van der Waals surface area contributed by atoms with Crippen LogP contribution in [0.5, 0.6) is 11.5 Å². The zero-order valence-electron chi connectivity index (χ0n) is 36.9. The van der Waals surface area contributed by atoms with Crippen molar-refractivity contribution in [2.75, 3.05) is 36.7 Å². The molecule has 0 saturated carbocycles. The van der Waals surface area contributed by atoms with Gasteiger partial charge in [0, 0.05) is 47.4 Å². The maximum atomic E-state index is 14.5. The van der Waals surface area contributed by atoms with E-state index in [4.69, 9.17) is 53.1 Å². The molecule has 2 heterocycles. The fraction of sp³-hybridized carbons (Fsp3) is 0.489. The number of aromatic nitrogens is 2. The first kappa shape index (κ1) is 55.0. The van der Waals surface area contributed by atoms with Crippen LogP contribution in [0.2, 0.25) is 10.2 Å². The van der Waals surface area contributed by atoms with E-state index in [2.05, 4.69) is 17.1 Å². The molecule has 0 radical (unpaired) electrons. The lowest BCUT2D eigenvalue weighted by atomic mass is 9.93. The normalized spacial score (nSPS) is 14.6. The summed E-state index contributed by atoms with van der Waals surface area (Å²) < 4.78 is 41.1. The van der Waals surface area contributed by atoms with Crippen molar-refractivity contribution >= 4 is 77.1 Å². The number of nitrogens with two attached hydrogens (primary N) is 1. The molecular formula is C45H58Cl2FN4O11PS. The molecule has 2 amide bonds. The number of carbonyl (C=O) groups is 5. The summed E-state index contributed by atoms with van der Waals surface area (Å²) in [5, 5.41) is 16.0. The van der Waals surface area contributed by atoms with E-state index in [9.17, 15) is 32.9 Å². The third kappa shape index (κ3) is 19.2. The minimum atomic E-state index is -3.10. The lowest BCUT2D eigenvalue weighted by molar-refractivity contribution is -0.146. The second-order valence-electron chi connectivity index (χ2n) is 15.3. The summed E-state index contributed by atoms with van der Waals surface area (Å²) in [6.45, 7) is 5.32. The zero-order valence-corrected chi connectivity index (χ0v) is 40.1. The largest absolute Gasteiger partial charge is 0.480 e. The van der Waals surface area contributed by atoms with Crippen LogP contribution in [0.4, 0.5) is 14.9 Å². The van der Waals surface area contributed by atoms with E-state index in [1.54, 1.807) is 0 Å². The molecule has 0 fully saturated rings. The number of anilines is 1. The van der Waals surface area contributed by atoms with Gasteiger partial charge in [0.1, 0.15) is 23.3 Å². The number of benzene rings is 2. The molecule has 356 valence electrons. The van der Waals surface area contributed by atoms with Crippen molar-refractivity contribution < 1.29 is 57.1 Å². The third-order valence-electron chi connectivity index (χ3n) is 9.85. The Kier molecular flexibility index (Phi) is 24.2. The quantitative estimate of drug-likeness (QED) is 0.0390. The number of halogens is 3. The first-order valence-corrected chi connectivity index (χ1v) is 25.6. The lowest BCUT2D eigenvalue weighted by Gasteiger charge is -2.18. The molecule has 0 spiro atoms. The summed E-state index contributed by atoms with van der Waals surface area (Å²) in [7, 11) is -3.10. The minimum Gasteiger partial charge on any atom is -0.480 e. The van der Waals surface area contributed by atoms with Crippen molar-refractivity contribution in [3.05, 3.63) is 75.7 Å². The number of imide groups is 1. The summed E-state index contributed by atoms with van der Waals surface area (Å²) in [6, 6.07) is 12.1. The van der Waals surface area contributed by atoms with Crippen LogP contribution in [0.15, 0.2) is 59.7 Å². The Bertz CT molecular complexity index is 2140. The van der Waals surface area contributed by atoms with Crippen molar-refractivity contribution in [1.82, 2.24) is 10.2 Å². The highest BCUT2D eigenvalue weighted by Crippen LogP contribution is 2.40. The molecule has 0 saturated heterocycles. The van der Waals surface area contributed by atoms with Gasteiger partial charge < -0.3 is 29.9 Å². The van der Waals surface area contributed by atoms with E-state index in [0.717, 1.165) is 67.2 Å². The van der Waals surface area contributed by atoms with Crippen LogP contribution in [0.1, 0.15) is 104 Å². The molecule has 1 aromatic heterocycles. The zero-order chi connectivity index (χ0) is 47.9. The Morgan fingerprint density at radius 1 is 0.908 bits per heavy atom. The number of hydrogen-bond acceptors (Lipinski definition) is 13. The molecule has 1 aliphatic heterocycles. The van der Waals surface area contributed by atoms with Gasteiger partial charge in [0.15, 0.2) is 24.9 Å². The van der Waals surface area contributed by atoms with Gasteiger partial charge in [0.05, 0.1) is 17.3 Å². The van der Waals surface area contributed by atoms with Crippen LogP contribution >= 0.6 is 42.3 Å². The van der Waals surface area contributed by atoms with Gasteiger partial charge in [0.2, 0.25) is 0 Å². The van der Waals surface area contributed by atoms with Crippen LogP contribution in [0, 0.1) is 5.82 Å². The number of unbranched alkanes of at least 4 members (excludes halogenated alkanes) is 7. The predicted octanol–water partition coefficient (Wildman–Crippen LogP) is 10.4. The Morgan fingerprint density at radius 3 is 2.14 bits per heavy atom. The van der Waals surface area contributed by atoms with Gasteiger partial charge in [-0.1, -0.05) is 112 Å². The highest BCUT2D eigenvalue weighted by molar-refractivity contribution is 8.13. The fourth-order valence-electron chi connectivity index (χ4n) is 6.36. The fourth-order valence-corrected chi connectivity index (χ4v) is 8.12. The summed E-state index contributed by atoms with van der Waals surface area (Å²) >= 11 is 13.1. The highest BCUT2D eigenvalue weighted by Gasteiger charge is 2.41. The van der Waals surface area contributed by atoms with Crippen molar-refractivity contribution in [2.24, 2.45) is 5.73 Å². The van der Waals surface area contributed by atoms with Crippen molar-refractivity contribution in [1.29, 1.82) is 0 Å².